The summed E-state index contributed by atoms with van der Waals surface area (Å²) >= 11 is 0. The van der Waals surface area contributed by atoms with E-state index < -0.39 is 17.6 Å². The first kappa shape index (κ1) is 26.0. The number of ether oxygens (including phenoxy) is 1. The molecule has 0 saturated carbocycles. The fourth-order valence-electron chi connectivity index (χ4n) is 2.91. The Morgan fingerprint density at radius 1 is 1.37 bits per heavy atom. The Kier molecular flexibility index (Phi) is 9.85. The molecule has 0 aliphatic heterocycles. The average Bonchev–Trinajstić information content (AvgIpc) is 3.01. The number of aryl methyl sites for hydroxylation is 1. The van der Waals surface area contributed by atoms with E-state index in [9.17, 15) is 13.2 Å². The number of hydrogen-bond donors (Lipinski definition) is 1. The Labute approximate surface area is 191 Å². The molecule has 0 aliphatic rings. The lowest BCUT2D eigenvalue weighted by Gasteiger charge is -2.22. The second kappa shape index (κ2) is 11.4. The Morgan fingerprint density at radius 3 is 2.67 bits per heavy atom. The molecule has 0 aromatic carbocycles. The molecule has 0 radical (unpaired) electrons. The van der Waals surface area contributed by atoms with Crippen molar-refractivity contribution in [2.24, 2.45) is 12.0 Å². The minimum Gasteiger partial charge on any atom is -0.475 e. The molecule has 168 valence electrons. The molecule has 30 heavy (non-hydrogen) atoms. The highest BCUT2D eigenvalue weighted by Gasteiger charge is 2.35. The molecule has 0 spiro atoms. The Balaban J connectivity index is 0.00000450. The summed E-state index contributed by atoms with van der Waals surface area (Å²) < 4.78 is 45.9. The van der Waals surface area contributed by atoms with Crippen molar-refractivity contribution in [1.29, 1.82) is 0 Å². The Bertz CT molecular complexity index is 838. The van der Waals surface area contributed by atoms with Crippen molar-refractivity contribution in [1.82, 2.24) is 25.0 Å². The maximum Gasteiger partial charge on any atom is 0.421 e. The van der Waals surface area contributed by atoms with Gasteiger partial charge in [-0.25, -0.2) is 4.98 Å². The van der Waals surface area contributed by atoms with Crippen LogP contribution in [0.15, 0.2) is 29.5 Å². The third-order valence-corrected chi connectivity index (χ3v) is 4.17. The molecular weight excluding hydrogens is 512 g/mol. The van der Waals surface area contributed by atoms with Crippen LogP contribution in [0.3, 0.4) is 0 Å². The lowest BCUT2D eigenvalue weighted by molar-refractivity contribution is -0.139. The van der Waals surface area contributed by atoms with Crippen molar-refractivity contribution in [3.8, 4) is 5.88 Å². The SMILES string of the molecule is CN=C(NCCOc1ncccc1C(F)(F)F)N(C)Cc1cn(C)nc1C(C)C.I. The van der Waals surface area contributed by atoms with E-state index in [1.54, 1.807) is 11.7 Å². The van der Waals surface area contributed by atoms with Gasteiger partial charge >= 0.3 is 6.18 Å². The zero-order chi connectivity index (χ0) is 21.6. The summed E-state index contributed by atoms with van der Waals surface area (Å²) in [5.41, 5.74) is 1.22. The minimum absolute atomic E-state index is 0. The third-order valence-electron chi connectivity index (χ3n) is 4.17. The number of nitrogens with one attached hydrogen (secondary N) is 1. The second-order valence-corrected chi connectivity index (χ2v) is 6.90. The molecule has 2 aromatic rings. The van der Waals surface area contributed by atoms with Crippen LogP contribution in [0, 0.1) is 0 Å². The fraction of sp³-hybridized carbons (Fsp3) is 0.526. The van der Waals surface area contributed by atoms with E-state index in [4.69, 9.17) is 4.74 Å². The van der Waals surface area contributed by atoms with Crippen LogP contribution >= 0.6 is 24.0 Å². The van der Waals surface area contributed by atoms with Gasteiger partial charge in [0.2, 0.25) is 5.88 Å². The molecule has 0 bridgehead atoms. The first-order chi connectivity index (χ1) is 13.6. The topological polar surface area (TPSA) is 67.6 Å². The maximum atomic E-state index is 13.0. The summed E-state index contributed by atoms with van der Waals surface area (Å²) in [5, 5.41) is 7.58. The number of halogens is 4. The van der Waals surface area contributed by atoms with Gasteiger partial charge in [-0.3, -0.25) is 9.67 Å². The van der Waals surface area contributed by atoms with Gasteiger partial charge in [0.25, 0.3) is 0 Å². The minimum atomic E-state index is -4.51. The van der Waals surface area contributed by atoms with Crippen LogP contribution in [-0.2, 0) is 19.8 Å². The lowest BCUT2D eigenvalue weighted by atomic mass is 10.1. The van der Waals surface area contributed by atoms with Crippen molar-refractivity contribution >= 4 is 29.9 Å². The zero-order valence-corrected chi connectivity index (χ0v) is 20.0. The van der Waals surface area contributed by atoms with Crippen LogP contribution in [0.4, 0.5) is 13.2 Å². The van der Waals surface area contributed by atoms with Crippen LogP contribution in [0.25, 0.3) is 0 Å². The molecule has 2 heterocycles. The maximum absolute atomic E-state index is 13.0. The first-order valence-corrected chi connectivity index (χ1v) is 9.22. The summed E-state index contributed by atoms with van der Waals surface area (Å²) in [7, 11) is 5.41. The van der Waals surface area contributed by atoms with E-state index in [1.165, 1.54) is 12.3 Å². The highest BCUT2D eigenvalue weighted by Crippen LogP contribution is 2.34. The van der Waals surface area contributed by atoms with E-state index in [2.05, 4.69) is 34.2 Å². The highest BCUT2D eigenvalue weighted by molar-refractivity contribution is 14.0. The first-order valence-electron chi connectivity index (χ1n) is 9.22. The van der Waals surface area contributed by atoms with Gasteiger partial charge in [-0.1, -0.05) is 13.8 Å². The number of aliphatic imine (C=N–C) groups is 1. The van der Waals surface area contributed by atoms with E-state index in [1.807, 2.05) is 25.2 Å². The monoisotopic (exact) mass is 540 g/mol. The van der Waals surface area contributed by atoms with Crippen molar-refractivity contribution in [2.45, 2.75) is 32.5 Å². The van der Waals surface area contributed by atoms with Gasteiger partial charge in [0.15, 0.2) is 5.96 Å². The van der Waals surface area contributed by atoms with Crippen LogP contribution in [0.2, 0.25) is 0 Å². The summed E-state index contributed by atoms with van der Waals surface area (Å²) in [6, 6.07) is 2.18. The van der Waals surface area contributed by atoms with Gasteiger partial charge in [-0.05, 0) is 18.1 Å². The molecule has 0 unspecified atom stereocenters. The number of alkyl halides is 3. The Morgan fingerprint density at radius 2 is 2.07 bits per heavy atom. The van der Waals surface area contributed by atoms with Crippen molar-refractivity contribution in [3.05, 3.63) is 41.3 Å². The van der Waals surface area contributed by atoms with Gasteiger partial charge in [-0.15, -0.1) is 24.0 Å². The van der Waals surface area contributed by atoms with E-state index in [0.717, 1.165) is 17.3 Å². The summed E-state index contributed by atoms with van der Waals surface area (Å²) in [6.45, 7) is 5.05. The molecule has 0 fully saturated rings. The quantitative estimate of drug-likeness (QED) is 0.252. The van der Waals surface area contributed by atoms with Crippen LogP contribution in [0.5, 0.6) is 5.88 Å². The number of hydrogen-bond acceptors (Lipinski definition) is 4. The van der Waals surface area contributed by atoms with E-state index in [0.29, 0.717) is 18.4 Å². The van der Waals surface area contributed by atoms with Crippen molar-refractivity contribution < 1.29 is 17.9 Å². The smallest absolute Gasteiger partial charge is 0.421 e. The molecule has 2 aromatic heterocycles. The highest BCUT2D eigenvalue weighted by atomic mass is 127. The number of guanidine groups is 1. The predicted octanol–water partition coefficient (Wildman–Crippen LogP) is 3.66. The molecule has 0 atom stereocenters. The zero-order valence-electron chi connectivity index (χ0n) is 17.7. The summed E-state index contributed by atoms with van der Waals surface area (Å²) in [4.78, 5) is 9.82. The molecule has 0 amide bonds. The lowest BCUT2D eigenvalue weighted by Crippen LogP contribution is -2.40. The molecule has 2 rings (SSSR count). The van der Waals surface area contributed by atoms with Crippen LogP contribution in [0.1, 0.15) is 36.6 Å². The van der Waals surface area contributed by atoms with Gasteiger partial charge in [-0.2, -0.15) is 18.3 Å². The van der Waals surface area contributed by atoms with Crippen LogP contribution < -0.4 is 10.1 Å². The molecule has 1 N–H and O–H groups in total. The summed E-state index contributed by atoms with van der Waals surface area (Å²) in [6.07, 6.45) is -1.27. The van der Waals surface area contributed by atoms with E-state index >= 15 is 0 Å². The van der Waals surface area contributed by atoms with Crippen molar-refractivity contribution in [2.75, 3.05) is 27.2 Å². The molecule has 0 aliphatic carbocycles. The van der Waals surface area contributed by atoms with Crippen LogP contribution in [-0.4, -0.2) is 52.9 Å². The predicted molar refractivity (Wildman–Crippen MR) is 120 cm³/mol. The number of aromatic nitrogens is 3. The van der Waals surface area contributed by atoms with Crippen molar-refractivity contribution in [3.63, 3.8) is 0 Å². The Hall–Kier alpha value is -2.05. The third kappa shape index (κ3) is 7.03. The average molecular weight is 540 g/mol. The summed E-state index contributed by atoms with van der Waals surface area (Å²) in [5.74, 6) is 0.468. The molecule has 11 heteroatoms. The largest absolute Gasteiger partial charge is 0.475 e. The van der Waals surface area contributed by atoms with E-state index in [-0.39, 0.29) is 37.1 Å². The number of pyridine rings is 1. The molecule has 0 saturated heterocycles. The normalized spacial score (nSPS) is 12.0. The molecule has 7 nitrogen and oxygen atoms in total. The van der Waals surface area contributed by atoms with Gasteiger partial charge in [0.05, 0.1) is 12.2 Å². The van der Waals surface area contributed by atoms with Gasteiger partial charge in [0.1, 0.15) is 12.2 Å². The standard InChI is InChI=1S/C19H27F3N6O.HI/c1-13(2)16-14(12-28(5)26-16)11-27(4)18(23-3)25-9-10-29-17-15(19(20,21)22)7-6-8-24-17;/h6-8,12-13H,9-11H2,1-5H3,(H,23,25);1H. The second-order valence-electron chi connectivity index (χ2n) is 6.90. The van der Waals surface area contributed by atoms with Gasteiger partial charge in [0, 0.05) is 45.6 Å². The number of rotatable bonds is 7. The molecular formula is C19H28F3IN6O. The number of nitrogens with zero attached hydrogens (tertiary/aromatic N) is 5. The fourth-order valence-corrected chi connectivity index (χ4v) is 2.91. The van der Waals surface area contributed by atoms with Gasteiger partial charge < -0.3 is 15.0 Å².